The molecule has 130 valence electrons. The van der Waals surface area contributed by atoms with Crippen molar-refractivity contribution < 1.29 is 9.53 Å². The molecular formula is C21H24N2O2. The molecular weight excluding hydrogens is 312 g/mol. The van der Waals surface area contributed by atoms with Crippen molar-refractivity contribution in [1.82, 2.24) is 5.43 Å². The third-order valence-electron chi connectivity index (χ3n) is 4.47. The molecule has 2 aromatic rings. The molecule has 0 fully saturated rings. The normalized spacial score (nSPS) is 13.9. The molecule has 0 aliphatic heterocycles. The van der Waals surface area contributed by atoms with Crippen LogP contribution in [0.5, 0.6) is 5.75 Å². The number of nitrogens with zero attached hydrogens (tertiary/aromatic N) is 1. The second kappa shape index (κ2) is 7.97. The van der Waals surface area contributed by atoms with Crippen LogP contribution in [0.1, 0.15) is 42.0 Å². The van der Waals surface area contributed by atoms with Gasteiger partial charge in [-0.15, -0.1) is 0 Å². The van der Waals surface area contributed by atoms with E-state index in [9.17, 15) is 4.79 Å². The second-order valence-corrected chi connectivity index (χ2v) is 6.53. The van der Waals surface area contributed by atoms with E-state index in [2.05, 4.69) is 28.7 Å². The Morgan fingerprint density at radius 3 is 2.72 bits per heavy atom. The first kappa shape index (κ1) is 17.2. The molecule has 2 aromatic carbocycles. The van der Waals surface area contributed by atoms with Crippen molar-refractivity contribution in [2.75, 3.05) is 6.61 Å². The predicted octanol–water partition coefficient (Wildman–Crippen LogP) is 3.79. The Balaban J connectivity index is 1.56. The van der Waals surface area contributed by atoms with Crippen LogP contribution in [0.15, 0.2) is 47.6 Å². The molecule has 0 saturated carbocycles. The van der Waals surface area contributed by atoms with Crippen molar-refractivity contribution in [2.24, 2.45) is 5.10 Å². The zero-order chi connectivity index (χ0) is 17.6. The van der Waals surface area contributed by atoms with E-state index in [0.29, 0.717) is 5.75 Å². The highest BCUT2D eigenvalue weighted by atomic mass is 16.5. The molecule has 0 bridgehead atoms. The van der Waals surface area contributed by atoms with Gasteiger partial charge in [-0.25, -0.2) is 5.43 Å². The highest BCUT2D eigenvalue weighted by Gasteiger charge is 2.10. The Morgan fingerprint density at radius 2 is 1.92 bits per heavy atom. The van der Waals surface area contributed by atoms with Crippen molar-refractivity contribution in [3.8, 4) is 5.75 Å². The largest absolute Gasteiger partial charge is 0.484 e. The highest BCUT2D eigenvalue weighted by molar-refractivity contribution is 5.99. The van der Waals surface area contributed by atoms with Crippen molar-refractivity contribution in [2.45, 2.75) is 39.5 Å². The monoisotopic (exact) mass is 336 g/mol. The van der Waals surface area contributed by atoms with Gasteiger partial charge in [0, 0.05) is 0 Å². The number of carbonyl (C=O) groups is 1. The fourth-order valence-electron chi connectivity index (χ4n) is 3.06. The number of rotatable bonds is 5. The van der Waals surface area contributed by atoms with Gasteiger partial charge in [-0.05, 0) is 80.0 Å². The average Bonchev–Trinajstić information content (AvgIpc) is 2.64. The number of hydrogen-bond acceptors (Lipinski definition) is 3. The van der Waals surface area contributed by atoms with Crippen LogP contribution in [-0.4, -0.2) is 18.2 Å². The lowest BCUT2D eigenvalue weighted by Crippen LogP contribution is -2.25. The first-order chi connectivity index (χ1) is 12.1. The van der Waals surface area contributed by atoms with Crippen molar-refractivity contribution >= 4 is 11.6 Å². The van der Waals surface area contributed by atoms with Crippen LogP contribution in [0.2, 0.25) is 0 Å². The smallest absolute Gasteiger partial charge is 0.277 e. The molecule has 0 aromatic heterocycles. The van der Waals surface area contributed by atoms with Crippen LogP contribution in [0, 0.1) is 6.92 Å². The molecule has 4 heteroatoms. The molecule has 0 radical (unpaired) electrons. The maximum atomic E-state index is 11.9. The summed E-state index contributed by atoms with van der Waals surface area (Å²) in [6, 6.07) is 14.1. The van der Waals surface area contributed by atoms with Gasteiger partial charge < -0.3 is 4.74 Å². The van der Waals surface area contributed by atoms with E-state index in [1.54, 1.807) is 0 Å². The summed E-state index contributed by atoms with van der Waals surface area (Å²) in [4.78, 5) is 11.9. The van der Waals surface area contributed by atoms with Gasteiger partial charge in [-0.2, -0.15) is 5.10 Å². The molecule has 1 amide bonds. The summed E-state index contributed by atoms with van der Waals surface area (Å²) in [7, 11) is 0. The topological polar surface area (TPSA) is 50.7 Å². The first-order valence-electron chi connectivity index (χ1n) is 8.76. The number of nitrogens with one attached hydrogen (secondary N) is 1. The molecule has 0 saturated heterocycles. The number of aryl methyl sites for hydroxylation is 3. The summed E-state index contributed by atoms with van der Waals surface area (Å²) < 4.78 is 5.48. The molecule has 0 atom stereocenters. The first-order valence-corrected chi connectivity index (χ1v) is 8.76. The Kier molecular flexibility index (Phi) is 5.49. The van der Waals surface area contributed by atoms with Crippen molar-refractivity contribution in [3.63, 3.8) is 0 Å². The zero-order valence-electron chi connectivity index (χ0n) is 14.8. The van der Waals surface area contributed by atoms with E-state index in [0.717, 1.165) is 23.3 Å². The van der Waals surface area contributed by atoms with Gasteiger partial charge in [0.1, 0.15) is 5.75 Å². The van der Waals surface area contributed by atoms with Crippen LogP contribution in [0.4, 0.5) is 0 Å². The fraction of sp³-hybridized carbons (Fsp3) is 0.333. The number of carbonyl (C=O) groups excluding carboxylic acids is 1. The number of fused-ring (bicyclic) bond motifs is 1. The molecule has 1 aliphatic carbocycles. The van der Waals surface area contributed by atoms with E-state index in [4.69, 9.17) is 4.74 Å². The van der Waals surface area contributed by atoms with E-state index < -0.39 is 0 Å². The molecule has 0 unspecified atom stereocenters. The molecule has 0 heterocycles. The van der Waals surface area contributed by atoms with Gasteiger partial charge in [0.15, 0.2) is 6.61 Å². The molecule has 4 nitrogen and oxygen atoms in total. The molecule has 1 N–H and O–H groups in total. The number of benzene rings is 2. The van der Waals surface area contributed by atoms with Gasteiger partial charge in [0.2, 0.25) is 0 Å². The quantitative estimate of drug-likeness (QED) is 0.667. The maximum absolute atomic E-state index is 11.9. The molecule has 25 heavy (non-hydrogen) atoms. The minimum atomic E-state index is -0.265. The van der Waals surface area contributed by atoms with E-state index in [1.807, 2.05) is 38.1 Å². The summed E-state index contributed by atoms with van der Waals surface area (Å²) >= 11 is 0. The van der Waals surface area contributed by atoms with Crippen LogP contribution in [0.3, 0.4) is 0 Å². The Morgan fingerprint density at radius 1 is 1.12 bits per heavy atom. The van der Waals surface area contributed by atoms with Crippen LogP contribution < -0.4 is 10.2 Å². The van der Waals surface area contributed by atoms with E-state index in [-0.39, 0.29) is 12.5 Å². The fourth-order valence-corrected chi connectivity index (χ4v) is 3.06. The lowest BCUT2D eigenvalue weighted by Gasteiger charge is -2.16. The minimum absolute atomic E-state index is 0.0512. The lowest BCUT2D eigenvalue weighted by molar-refractivity contribution is -0.123. The number of ether oxygens (including phenoxy) is 1. The highest BCUT2D eigenvalue weighted by Crippen LogP contribution is 2.22. The van der Waals surface area contributed by atoms with Gasteiger partial charge >= 0.3 is 0 Å². The second-order valence-electron chi connectivity index (χ2n) is 6.53. The van der Waals surface area contributed by atoms with E-state index in [1.165, 1.54) is 30.4 Å². The average molecular weight is 336 g/mol. The Bertz CT molecular complexity index is 796. The summed E-state index contributed by atoms with van der Waals surface area (Å²) in [6.45, 7) is 3.84. The predicted molar refractivity (Wildman–Crippen MR) is 100 cm³/mol. The maximum Gasteiger partial charge on any atom is 0.277 e. The van der Waals surface area contributed by atoms with Gasteiger partial charge in [0.05, 0.1) is 5.71 Å². The van der Waals surface area contributed by atoms with Gasteiger partial charge in [0.25, 0.3) is 5.91 Å². The standard InChI is InChI=1S/C21H24N2O2/c1-15-6-5-9-20(12-15)25-14-21(24)23-22-16(2)18-11-10-17-7-3-4-8-19(17)13-18/h5-6,9-13H,3-4,7-8,14H2,1-2H3,(H,23,24)/b22-16-. The van der Waals surface area contributed by atoms with Crippen molar-refractivity contribution in [1.29, 1.82) is 0 Å². The lowest BCUT2D eigenvalue weighted by atomic mass is 9.90. The Labute approximate surface area is 148 Å². The summed E-state index contributed by atoms with van der Waals surface area (Å²) in [5.74, 6) is 0.421. The summed E-state index contributed by atoms with van der Waals surface area (Å²) in [5, 5.41) is 4.21. The third-order valence-corrected chi connectivity index (χ3v) is 4.47. The van der Waals surface area contributed by atoms with Gasteiger partial charge in [-0.3, -0.25) is 4.79 Å². The van der Waals surface area contributed by atoms with Crippen LogP contribution in [0.25, 0.3) is 0 Å². The zero-order valence-corrected chi connectivity index (χ0v) is 14.8. The number of hydrazone groups is 1. The summed E-state index contributed by atoms with van der Waals surface area (Å²) in [6.07, 6.45) is 4.82. The number of amides is 1. The minimum Gasteiger partial charge on any atom is -0.484 e. The van der Waals surface area contributed by atoms with Crippen LogP contribution in [-0.2, 0) is 17.6 Å². The molecule has 3 rings (SSSR count). The third kappa shape index (κ3) is 4.69. The summed E-state index contributed by atoms with van der Waals surface area (Å²) in [5.41, 5.74) is 8.38. The Hall–Kier alpha value is -2.62. The van der Waals surface area contributed by atoms with Crippen molar-refractivity contribution in [3.05, 3.63) is 64.7 Å². The number of hydrogen-bond donors (Lipinski definition) is 1. The van der Waals surface area contributed by atoms with Gasteiger partial charge in [-0.1, -0.05) is 24.3 Å². The SMILES string of the molecule is C/C(=N/NC(=O)COc1cccc(C)c1)c1ccc2c(c1)CCCC2. The van der Waals surface area contributed by atoms with E-state index >= 15 is 0 Å². The molecule has 0 spiro atoms. The molecule has 1 aliphatic rings. The van der Waals surface area contributed by atoms with Crippen LogP contribution >= 0.6 is 0 Å².